The van der Waals surface area contributed by atoms with Crippen molar-refractivity contribution in [1.29, 1.82) is 0 Å². The molecule has 0 fully saturated rings. The number of hydrogen-bond donors (Lipinski definition) is 1. The Balaban J connectivity index is 1.99. The summed E-state index contributed by atoms with van der Waals surface area (Å²) in [5.41, 5.74) is 7.60. The topological polar surface area (TPSA) is 72.1 Å². The van der Waals surface area contributed by atoms with Gasteiger partial charge in [-0.15, -0.1) is 0 Å². The van der Waals surface area contributed by atoms with Gasteiger partial charge in [0.25, 0.3) is 5.91 Å². The molecule has 2 aromatic heterocycles. The maximum Gasteiger partial charge on any atom is 0.274 e. The highest BCUT2D eigenvalue weighted by atomic mass is 16.2. The number of carbonyl (C=O) groups excluding carboxylic acids is 1. The fraction of sp³-hybridized carbons (Fsp3) is 0.214. The molecule has 19 heavy (non-hydrogen) atoms. The first-order valence-electron chi connectivity index (χ1n) is 6.03. The van der Waals surface area contributed by atoms with Crippen LogP contribution in [0.15, 0.2) is 42.9 Å². The third-order valence-corrected chi connectivity index (χ3v) is 2.87. The van der Waals surface area contributed by atoms with Gasteiger partial charge in [0.1, 0.15) is 0 Å². The number of likely N-dealkylation sites (N-methyl/N-ethyl adjacent to an activating group) is 1. The second kappa shape index (κ2) is 5.95. The van der Waals surface area contributed by atoms with Gasteiger partial charge < -0.3 is 10.6 Å². The molecule has 0 saturated heterocycles. The zero-order valence-corrected chi connectivity index (χ0v) is 10.8. The van der Waals surface area contributed by atoms with Crippen LogP contribution in [-0.2, 0) is 6.42 Å². The monoisotopic (exact) mass is 256 g/mol. The van der Waals surface area contributed by atoms with Crippen LogP contribution in [0.1, 0.15) is 16.1 Å². The molecule has 1 amide bonds. The quantitative estimate of drug-likeness (QED) is 0.896. The lowest BCUT2D eigenvalue weighted by atomic mass is 10.2. The van der Waals surface area contributed by atoms with E-state index < -0.39 is 0 Å². The maximum atomic E-state index is 12.2. The summed E-state index contributed by atoms with van der Waals surface area (Å²) >= 11 is 0. The Labute approximate surface area is 112 Å². The number of aromatic nitrogens is 2. The second-order valence-corrected chi connectivity index (χ2v) is 4.27. The summed E-state index contributed by atoms with van der Waals surface area (Å²) < 4.78 is 0. The number of hydrogen-bond acceptors (Lipinski definition) is 4. The van der Waals surface area contributed by atoms with Crippen LogP contribution in [0.5, 0.6) is 0 Å². The normalized spacial score (nSPS) is 10.2. The van der Waals surface area contributed by atoms with Gasteiger partial charge in [-0.05, 0) is 36.2 Å². The first-order valence-corrected chi connectivity index (χ1v) is 6.03. The Morgan fingerprint density at radius 1 is 1.26 bits per heavy atom. The number of amides is 1. The van der Waals surface area contributed by atoms with Gasteiger partial charge in [0.05, 0.1) is 5.69 Å². The molecule has 0 aromatic carbocycles. The molecule has 2 N–H and O–H groups in total. The number of carbonyl (C=O) groups is 1. The zero-order chi connectivity index (χ0) is 13.7. The molecular formula is C14H16N4O. The molecule has 0 unspecified atom stereocenters. The fourth-order valence-electron chi connectivity index (χ4n) is 1.73. The van der Waals surface area contributed by atoms with Crippen molar-refractivity contribution in [3.05, 3.63) is 54.1 Å². The Morgan fingerprint density at radius 3 is 2.68 bits per heavy atom. The summed E-state index contributed by atoms with van der Waals surface area (Å²) in [6.07, 6.45) is 5.83. The molecule has 5 nitrogen and oxygen atoms in total. The lowest BCUT2D eigenvalue weighted by Gasteiger charge is -2.17. The molecule has 0 aliphatic rings. The molecule has 2 heterocycles. The van der Waals surface area contributed by atoms with Crippen molar-refractivity contribution < 1.29 is 4.79 Å². The molecule has 0 saturated carbocycles. The highest BCUT2D eigenvalue weighted by Gasteiger charge is 2.15. The van der Waals surface area contributed by atoms with Gasteiger partial charge in [0.2, 0.25) is 0 Å². The van der Waals surface area contributed by atoms with Gasteiger partial charge in [-0.3, -0.25) is 9.78 Å². The molecule has 0 spiro atoms. The number of rotatable bonds is 4. The minimum Gasteiger partial charge on any atom is -0.397 e. The van der Waals surface area contributed by atoms with Crippen molar-refractivity contribution in [2.75, 3.05) is 19.3 Å². The van der Waals surface area contributed by atoms with Crippen LogP contribution in [0.2, 0.25) is 0 Å². The minimum absolute atomic E-state index is 0.160. The summed E-state index contributed by atoms with van der Waals surface area (Å²) in [7, 11) is 1.75. The average Bonchev–Trinajstić information content (AvgIpc) is 2.45. The van der Waals surface area contributed by atoms with E-state index in [-0.39, 0.29) is 5.91 Å². The van der Waals surface area contributed by atoms with Crippen LogP contribution in [0.25, 0.3) is 0 Å². The van der Waals surface area contributed by atoms with Crippen molar-refractivity contribution in [1.82, 2.24) is 14.9 Å². The lowest BCUT2D eigenvalue weighted by Crippen LogP contribution is -2.30. The van der Waals surface area contributed by atoms with Gasteiger partial charge >= 0.3 is 0 Å². The van der Waals surface area contributed by atoms with E-state index in [4.69, 9.17) is 5.73 Å². The number of pyridine rings is 2. The van der Waals surface area contributed by atoms with E-state index in [9.17, 15) is 4.79 Å². The standard InChI is InChI=1S/C14H16N4O/c1-18(10-6-11-4-8-16-9-5-11)14(19)13-12(15)3-2-7-17-13/h2-5,7-9H,6,10,15H2,1H3. The van der Waals surface area contributed by atoms with Crippen molar-refractivity contribution in [3.63, 3.8) is 0 Å². The van der Waals surface area contributed by atoms with Gasteiger partial charge in [-0.1, -0.05) is 0 Å². The summed E-state index contributed by atoms with van der Waals surface area (Å²) in [5.74, 6) is -0.160. The van der Waals surface area contributed by atoms with Gasteiger partial charge in [-0.25, -0.2) is 4.98 Å². The zero-order valence-electron chi connectivity index (χ0n) is 10.8. The molecule has 5 heteroatoms. The van der Waals surface area contributed by atoms with Gasteiger partial charge in [-0.2, -0.15) is 0 Å². The van der Waals surface area contributed by atoms with E-state index in [2.05, 4.69) is 9.97 Å². The van der Waals surface area contributed by atoms with Crippen molar-refractivity contribution >= 4 is 11.6 Å². The van der Waals surface area contributed by atoms with Crippen LogP contribution >= 0.6 is 0 Å². The van der Waals surface area contributed by atoms with Crippen molar-refractivity contribution in [3.8, 4) is 0 Å². The summed E-state index contributed by atoms with van der Waals surface area (Å²) in [6, 6.07) is 7.26. The molecule has 0 radical (unpaired) electrons. The summed E-state index contributed by atoms with van der Waals surface area (Å²) in [6.45, 7) is 0.610. The van der Waals surface area contributed by atoms with Gasteiger partial charge in [0.15, 0.2) is 5.69 Å². The molecule has 2 aromatic rings. The number of nitrogen functional groups attached to an aromatic ring is 1. The lowest BCUT2D eigenvalue weighted by molar-refractivity contribution is 0.0792. The molecule has 0 bridgehead atoms. The number of nitrogens with two attached hydrogens (primary N) is 1. The van der Waals surface area contributed by atoms with E-state index in [1.165, 1.54) is 0 Å². The summed E-state index contributed by atoms with van der Waals surface area (Å²) in [5, 5.41) is 0. The smallest absolute Gasteiger partial charge is 0.274 e. The SMILES string of the molecule is CN(CCc1ccncc1)C(=O)c1ncccc1N. The molecule has 98 valence electrons. The van der Waals surface area contributed by atoms with E-state index in [1.807, 2.05) is 12.1 Å². The van der Waals surface area contributed by atoms with Gasteiger partial charge in [0, 0.05) is 32.2 Å². The Morgan fingerprint density at radius 2 is 2.00 bits per heavy atom. The molecule has 2 rings (SSSR count). The van der Waals surface area contributed by atoms with Crippen molar-refractivity contribution in [2.45, 2.75) is 6.42 Å². The van der Waals surface area contributed by atoms with Crippen LogP contribution in [-0.4, -0.2) is 34.4 Å². The molecule has 0 aliphatic carbocycles. The minimum atomic E-state index is -0.160. The predicted octanol–water partition coefficient (Wildman–Crippen LogP) is 1.37. The first-order chi connectivity index (χ1) is 9.18. The number of anilines is 1. The predicted molar refractivity (Wildman–Crippen MR) is 73.6 cm³/mol. The third-order valence-electron chi connectivity index (χ3n) is 2.87. The number of nitrogens with zero attached hydrogens (tertiary/aromatic N) is 3. The largest absolute Gasteiger partial charge is 0.397 e. The van der Waals surface area contributed by atoms with E-state index in [0.717, 1.165) is 12.0 Å². The fourth-order valence-corrected chi connectivity index (χ4v) is 1.73. The maximum absolute atomic E-state index is 12.2. The highest BCUT2D eigenvalue weighted by molar-refractivity contribution is 5.96. The van der Waals surface area contributed by atoms with E-state index in [1.54, 1.807) is 42.7 Å². The Bertz CT molecular complexity index is 556. The van der Waals surface area contributed by atoms with Crippen LogP contribution < -0.4 is 5.73 Å². The Kier molecular flexibility index (Phi) is 4.07. The first kappa shape index (κ1) is 13.0. The molecule has 0 atom stereocenters. The van der Waals surface area contributed by atoms with Crippen molar-refractivity contribution in [2.24, 2.45) is 0 Å². The second-order valence-electron chi connectivity index (χ2n) is 4.27. The molecule has 0 aliphatic heterocycles. The summed E-state index contributed by atoms with van der Waals surface area (Å²) in [4.78, 5) is 21.8. The van der Waals surface area contributed by atoms with E-state index >= 15 is 0 Å². The Hall–Kier alpha value is -2.43. The third kappa shape index (κ3) is 3.28. The van der Waals surface area contributed by atoms with Crippen LogP contribution in [0, 0.1) is 0 Å². The van der Waals surface area contributed by atoms with E-state index in [0.29, 0.717) is 17.9 Å². The average molecular weight is 256 g/mol. The van der Waals surface area contributed by atoms with Crippen LogP contribution in [0.4, 0.5) is 5.69 Å². The highest BCUT2D eigenvalue weighted by Crippen LogP contribution is 2.10. The van der Waals surface area contributed by atoms with Crippen LogP contribution in [0.3, 0.4) is 0 Å². The molecular weight excluding hydrogens is 240 g/mol.